The lowest BCUT2D eigenvalue weighted by molar-refractivity contribution is -0.130. The largest absolute Gasteiger partial charge is 0.389 e. The number of likely N-dealkylation sites (N-methyl/N-ethyl adjacent to an activating group) is 1. The maximum absolute atomic E-state index is 12.1. The Bertz CT molecular complexity index is 466. The molecule has 1 aromatic carbocycles. The molecule has 102 valence electrons. The number of hydrogen-bond acceptors (Lipinski definition) is 2. The van der Waals surface area contributed by atoms with Gasteiger partial charge in [0.05, 0.1) is 6.42 Å². The number of rotatable bonds is 5. The van der Waals surface area contributed by atoms with Crippen LogP contribution in [0.4, 0.5) is 0 Å². The summed E-state index contributed by atoms with van der Waals surface area (Å²) < 4.78 is 0. The fourth-order valence-electron chi connectivity index (χ4n) is 2.26. The van der Waals surface area contributed by atoms with Gasteiger partial charge in [-0.2, -0.15) is 0 Å². The van der Waals surface area contributed by atoms with Crippen LogP contribution in [0.3, 0.4) is 0 Å². The van der Waals surface area contributed by atoms with Gasteiger partial charge in [-0.25, -0.2) is 0 Å². The van der Waals surface area contributed by atoms with E-state index in [2.05, 4.69) is 0 Å². The Morgan fingerprint density at radius 2 is 2.00 bits per heavy atom. The standard InChI is InChI=1S/C15H20N2OS/c1-17(10-12-3-2-4-12)14(18)9-11-5-7-13(8-6-11)15(16)19/h5-8,12H,2-4,9-10H2,1H3,(H2,16,19). The van der Waals surface area contributed by atoms with E-state index in [-0.39, 0.29) is 5.91 Å². The van der Waals surface area contributed by atoms with Gasteiger partial charge in [-0.1, -0.05) is 42.9 Å². The second-order valence-corrected chi connectivity index (χ2v) is 5.75. The normalized spacial score (nSPS) is 14.8. The lowest BCUT2D eigenvalue weighted by atomic mass is 9.85. The molecule has 0 heterocycles. The van der Waals surface area contributed by atoms with E-state index in [0.29, 0.717) is 17.3 Å². The summed E-state index contributed by atoms with van der Waals surface area (Å²) in [4.78, 5) is 14.3. The number of hydrogen-bond donors (Lipinski definition) is 1. The molecule has 0 aliphatic heterocycles. The van der Waals surface area contributed by atoms with Gasteiger partial charge >= 0.3 is 0 Å². The maximum Gasteiger partial charge on any atom is 0.226 e. The third-order valence-electron chi connectivity index (χ3n) is 3.78. The molecule has 0 saturated heterocycles. The zero-order valence-electron chi connectivity index (χ0n) is 11.3. The van der Waals surface area contributed by atoms with Crippen LogP contribution in [-0.2, 0) is 11.2 Å². The zero-order valence-corrected chi connectivity index (χ0v) is 12.1. The van der Waals surface area contributed by atoms with Crippen molar-refractivity contribution in [2.24, 2.45) is 11.7 Å². The van der Waals surface area contributed by atoms with Gasteiger partial charge in [-0.05, 0) is 24.3 Å². The monoisotopic (exact) mass is 276 g/mol. The summed E-state index contributed by atoms with van der Waals surface area (Å²) in [6, 6.07) is 7.58. The molecule has 4 heteroatoms. The molecule has 0 bridgehead atoms. The number of thiocarbonyl (C=S) groups is 1. The SMILES string of the molecule is CN(CC1CCC1)C(=O)Cc1ccc(C(N)=S)cc1. The average molecular weight is 276 g/mol. The molecule has 19 heavy (non-hydrogen) atoms. The lowest BCUT2D eigenvalue weighted by Gasteiger charge is -2.30. The predicted molar refractivity (Wildman–Crippen MR) is 81.0 cm³/mol. The van der Waals surface area contributed by atoms with Gasteiger partial charge in [0.1, 0.15) is 4.99 Å². The minimum Gasteiger partial charge on any atom is -0.389 e. The van der Waals surface area contributed by atoms with Crippen molar-refractivity contribution < 1.29 is 4.79 Å². The highest BCUT2D eigenvalue weighted by atomic mass is 32.1. The first-order valence-electron chi connectivity index (χ1n) is 6.69. The second-order valence-electron chi connectivity index (χ2n) is 5.31. The number of amides is 1. The van der Waals surface area contributed by atoms with Crippen molar-refractivity contribution in [3.8, 4) is 0 Å². The number of benzene rings is 1. The summed E-state index contributed by atoms with van der Waals surface area (Å²) >= 11 is 4.90. The van der Waals surface area contributed by atoms with Gasteiger partial charge in [0, 0.05) is 19.2 Å². The molecule has 0 radical (unpaired) electrons. The molecule has 0 aromatic heterocycles. The van der Waals surface area contributed by atoms with E-state index in [9.17, 15) is 4.79 Å². The van der Waals surface area contributed by atoms with Gasteiger partial charge in [0.15, 0.2) is 0 Å². The molecule has 1 saturated carbocycles. The van der Waals surface area contributed by atoms with E-state index in [0.717, 1.165) is 17.7 Å². The van der Waals surface area contributed by atoms with Crippen LogP contribution in [0.2, 0.25) is 0 Å². The summed E-state index contributed by atoms with van der Waals surface area (Å²) in [5.74, 6) is 0.890. The van der Waals surface area contributed by atoms with Crippen molar-refractivity contribution >= 4 is 23.1 Å². The molecule has 3 nitrogen and oxygen atoms in total. The maximum atomic E-state index is 12.1. The Morgan fingerprint density at radius 3 is 2.47 bits per heavy atom. The summed E-state index contributed by atoms with van der Waals surface area (Å²) in [5, 5.41) is 0. The molecular formula is C15H20N2OS. The minimum atomic E-state index is 0.176. The van der Waals surface area contributed by atoms with Gasteiger partial charge in [0.25, 0.3) is 0 Å². The van der Waals surface area contributed by atoms with Crippen LogP contribution in [0.25, 0.3) is 0 Å². The molecule has 0 unspecified atom stereocenters. The Balaban J connectivity index is 1.88. The van der Waals surface area contributed by atoms with Crippen LogP contribution < -0.4 is 5.73 Å². The third-order valence-corrected chi connectivity index (χ3v) is 4.01. The van der Waals surface area contributed by atoms with Crippen molar-refractivity contribution in [1.29, 1.82) is 0 Å². The Morgan fingerprint density at radius 1 is 1.37 bits per heavy atom. The van der Waals surface area contributed by atoms with Crippen molar-refractivity contribution in [3.63, 3.8) is 0 Å². The van der Waals surface area contributed by atoms with Crippen LogP contribution in [0.15, 0.2) is 24.3 Å². The Hall–Kier alpha value is -1.42. The van der Waals surface area contributed by atoms with E-state index >= 15 is 0 Å². The Kier molecular flexibility index (Phi) is 4.53. The first-order chi connectivity index (χ1) is 9.06. The Labute approximate surface area is 119 Å². The first-order valence-corrected chi connectivity index (χ1v) is 7.10. The zero-order chi connectivity index (χ0) is 13.8. The van der Waals surface area contributed by atoms with Gasteiger partial charge in [0.2, 0.25) is 5.91 Å². The highest BCUT2D eigenvalue weighted by Gasteiger charge is 2.21. The smallest absolute Gasteiger partial charge is 0.226 e. The summed E-state index contributed by atoms with van der Waals surface area (Å²) in [6.07, 6.45) is 4.29. The van der Waals surface area contributed by atoms with Crippen LogP contribution in [0.1, 0.15) is 30.4 Å². The van der Waals surface area contributed by atoms with E-state index in [1.165, 1.54) is 19.3 Å². The molecule has 1 aliphatic carbocycles. The quantitative estimate of drug-likeness (QED) is 0.838. The van der Waals surface area contributed by atoms with Crippen LogP contribution >= 0.6 is 12.2 Å². The lowest BCUT2D eigenvalue weighted by Crippen LogP contribution is -2.35. The number of carbonyl (C=O) groups excluding carboxylic acids is 1. The summed E-state index contributed by atoms with van der Waals surface area (Å²) in [7, 11) is 1.89. The number of nitrogens with zero attached hydrogens (tertiary/aromatic N) is 1. The van der Waals surface area contributed by atoms with Crippen LogP contribution in [0, 0.1) is 5.92 Å². The van der Waals surface area contributed by atoms with Crippen molar-refractivity contribution in [3.05, 3.63) is 35.4 Å². The molecule has 2 rings (SSSR count). The van der Waals surface area contributed by atoms with E-state index in [1.54, 1.807) is 0 Å². The van der Waals surface area contributed by atoms with E-state index < -0.39 is 0 Å². The molecule has 1 amide bonds. The van der Waals surface area contributed by atoms with E-state index in [1.807, 2.05) is 36.2 Å². The first kappa shape index (κ1) is 14.0. The fraction of sp³-hybridized carbons (Fsp3) is 0.467. The molecular weight excluding hydrogens is 256 g/mol. The second kappa shape index (κ2) is 6.15. The average Bonchev–Trinajstić information content (AvgIpc) is 2.34. The molecule has 0 atom stereocenters. The van der Waals surface area contributed by atoms with Gasteiger partial charge in [-0.15, -0.1) is 0 Å². The topological polar surface area (TPSA) is 46.3 Å². The molecule has 2 N–H and O–H groups in total. The summed E-state index contributed by atoms with van der Waals surface area (Å²) in [5.41, 5.74) is 7.39. The highest BCUT2D eigenvalue weighted by molar-refractivity contribution is 7.80. The van der Waals surface area contributed by atoms with Crippen molar-refractivity contribution in [1.82, 2.24) is 4.90 Å². The third kappa shape index (κ3) is 3.77. The molecule has 1 aromatic rings. The van der Waals surface area contributed by atoms with E-state index in [4.69, 9.17) is 18.0 Å². The minimum absolute atomic E-state index is 0.176. The number of carbonyl (C=O) groups is 1. The van der Waals surface area contributed by atoms with Gasteiger partial charge < -0.3 is 10.6 Å². The summed E-state index contributed by atoms with van der Waals surface area (Å²) in [6.45, 7) is 0.893. The van der Waals surface area contributed by atoms with Crippen LogP contribution in [-0.4, -0.2) is 29.4 Å². The number of nitrogens with two attached hydrogens (primary N) is 1. The van der Waals surface area contributed by atoms with Crippen molar-refractivity contribution in [2.75, 3.05) is 13.6 Å². The van der Waals surface area contributed by atoms with Gasteiger partial charge in [-0.3, -0.25) is 4.79 Å². The molecule has 1 aliphatic rings. The molecule has 1 fully saturated rings. The van der Waals surface area contributed by atoms with Crippen LogP contribution in [0.5, 0.6) is 0 Å². The molecule has 0 spiro atoms. The highest BCUT2D eigenvalue weighted by Crippen LogP contribution is 2.26. The fourth-order valence-corrected chi connectivity index (χ4v) is 2.40. The predicted octanol–water partition coefficient (Wildman–Crippen LogP) is 2.12. The van der Waals surface area contributed by atoms with Crippen molar-refractivity contribution in [2.45, 2.75) is 25.7 Å².